The average molecular weight is 438 g/mol. The average Bonchev–Trinajstić information content (AvgIpc) is 3.10. The first kappa shape index (κ1) is 20.6. The summed E-state index contributed by atoms with van der Waals surface area (Å²) in [7, 11) is -1.99. The second kappa shape index (κ2) is 8.03. The lowest BCUT2D eigenvalue weighted by Crippen LogP contribution is -2.46. The monoisotopic (exact) mass is 437 g/mol. The van der Waals surface area contributed by atoms with Gasteiger partial charge in [-0.05, 0) is 24.1 Å². The van der Waals surface area contributed by atoms with Crippen LogP contribution in [0.15, 0.2) is 102 Å². The molecule has 32 heavy (non-hydrogen) atoms. The molecule has 0 saturated carbocycles. The van der Waals surface area contributed by atoms with E-state index in [-0.39, 0.29) is 29.6 Å². The minimum absolute atomic E-state index is 0.0596. The second-order valence-electron chi connectivity index (χ2n) is 9.30. The number of hydrogen-bond donors (Lipinski definition) is 0. The van der Waals surface area contributed by atoms with Crippen molar-refractivity contribution < 1.29 is 9.59 Å². The van der Waals surface area contributed by atoms with Crippen molar-refractivity contribution in [3.05, 3.63) is 108 Å². The van der Waals surface area contributed by atoms with E-state index in [2.05, 4.69) is 55.6 Å². The zero-order valence-electron chi connectivity index (χ0n) is 18.4. The highest BCUT2D eigenvalue weighted by molar-refractivity contribution is 6.95. The number of carbonyl (C=O) groups excluding carboxylic acids is 2. The molecule has 1 fully saturated rings. The maximum atomic E-state index is 13.6. The molecule has 0 bridgehead atoms. The van der Waals surface area contributed by atoms with Gasteiger partial charge in [-0.1, -0.05) is 108 Å². The first-order chi connectivity index (χ1) is 15.5. The van der Waals surface area contributed by atoms with Gasteiger partial charge in [-0.25, -0.2) is 0 Å². The quantitative estimate of drug-likeness (QED) is 0.423. The summed E-state index contributed by atoms with van der Waals surface area (Å²) in [4.78, 5) is 28.7. The van der Waals surface area contributed by atoms with E-state index in [9.17, 15) is 9.59 Å². The van der Waals surface area contributed by atoms with Gasteiger partial charge in [-0.2, -0.15) is 0 Å². The minimum atomic E-state index is -1.99. The van der Waals surface area contributed by atoms with Crippen molar-refractivity contribution in [2.75, 3.05) is 4.90 Å². The van der Waals surface area contributed by atoms with Crippen LogP contribution in [0.5, 0.6) is 0 Å². The predicted octanol–water partition coefficient (Wildman–Crippen LogP) is 5.06. The number of hydrogen-bond acceptors (Lipinski definition) is 2. The number of benzene rings is 3. The van der Waals surface area contributed by atoms with Gasteiger partial charge < -0.3 is 0 Å². The number of rotatable bonds is 4. The zero-order valence-corrected chi connectivity index (χ0v) is 19.4. The third kappa shape index (κ3) is 3.35. The molecule has 1 heterocycles. The van der Waals surface area contributed by atoms with Crippen LogP contribution in [0.2, 0.25) is 13.1 Å². The number of anilines is 1. The van der Waals surface area contributed by atoms with Gasteiger partial charge in [-0.15, -0.1) is 0 Å². The highest BCUT2D eigenvalue weighted by Crippen LogP contribution is 2.48. The summed E-state index contributed by atoms with van der Waals surface area (Å²) in [5, 5.41) is 2.71. The van der Waals surface area contributed by atoms with Crippen LogP contribution in [0.4, 0.5) is 5.69 Å². The van der Waals surface area contributed by atoms with E-state index in [1.54, 1.807) is 0 Å². The molecule has 2 aliphatic rings. The molecule has 3 aromatic rings. The Morgan fingerprint density at radius 3 is 1.94 bits per heavy atom. The Morgan fingerprint density at radius 1 is 0.750 bits per heavy atom. The molecule has 0 radical (unpaired) electrons. The number of nitrogens with zero attached hydrogens (tertiary/aromatic N) is 1. The molecule has 3 atom stereocenters. The van der Waals surface area contributed by atoms with Crippen molar-refractivity contribution in [2.45, 2.75) is 25.4 Å². The van der Waals surface area contributed by atoms with Crippen LogP contribution in [0, 0.1) is 11.8 Å². The molecule has 1 saturated heterocycles. The number of amides is 2. The maximum Gasteiger partial charge on any atom is 0.238 e. The van der Waals surface area contributed by atoms with Gasteiger partial charge in [0.1, 0.15) is 8.07 Å². The van der Waals surface area contributed by atoms with Crippen molar-refractivity contribution in [3.63, 3.8) is 0 Å². The van der Waals surface area contributed by atoms with Gasteiger partial charge in [0, 0.05) is 5.92 Å². The van der Waals surface area contributed by atoms with Gasteiger partial charge in [0.2, 0.25) is 11.8 Å². The molecular weight excluding hydrogens is 410 g/mol. The van der Waals surface area contributed by atoms with E-state index >= 15 is 0 Å². The number of carbonyl (C=O) groups is 2. The number of fused-ring (bicyclic) bond motifs is 1. The Morgan fingerprint density at radius 2 is 1.31 bits per heavy atom. The molecule has 0 aromatic heterocycles. The van der Waals surface area contributed by atoms with Crippen molar-refractivity contribution in [1.82, 2.24) is 0 Å². The highest BCUT2D eigenvalue weighted by Gasteiger charge is 2.54. The molecule has 5 rings (SSSR count). The lowest BCUT2D eigenvalue weighted by Gasteiger charge is -2.36. The van der Waals surface area contributed by atoms with E-state index in [0.717, 1.165) is 5.56 Å². The fraction of sp³-hybridized carbons (Fsp3) is 0.214. The third-order valence-corrected chi connectivity index (χ3v) is 10.9. The van der Waals surface area contributed by atoms with Crippen molar-refractivity contribution in [1.29, 1.82) is 0 Å². The molecule has 0 unspecified atom stereocenters. The summed E-state index contributed by atoms with van der Waals surface area (Å²) in [6.45, 7) is 4.71. The van der Waals surface area contributed by atoms with Gasteiger partial charge in [0.05, 0.1) is 17.5 Å². The van der Waals surface area contributed by atoms with Gasteiger partial charge in [-0.3, -0.25) is 14.5 Å². The summed E-state index contributed by atoms with van der Waals surface area (Å²) in [5.41, 5.74) is 1.78. The Labute approximate surface area is 190 Å². The highest BCUT2D eigenvalue weighted by atomic mass is 28.3. The van der Waals surface area contributed by atoms with E-state index in [4.69, 9.17) is 0 Å². The first-order valence-electron chi connectivity index (χ1n) is 11.2. The van der Waals surface area contributed by atoms with Crippen LogP contribution in [0.25, 0.3) is 0 Å². The number of para-hydroxylation sites is 1. The van der Waals surface area contributed by atoms with Crippen LogP contribution in [-0.4, -0.2) is 19.9 Å². The van der Waals surface area contributed by atoms with E-state index < -0.39 is 8.07 Å². The smallest absolute Gasteiger partial charge is 0.238 e. The van der Waals surface area contributed by atoms with Gasteiger partial charge in [0.25, 0.3) is 0 Å². The van der Waals surface area contributed by atoms with Gasteiger partial charge >= 0.3 is 0 Å². The Kier molecular flexibility index (Phi) is 5.18. The van der Waals surface area contributed by atoms with Crippen LogP contribution in [-0.2, 0) is 9.59 Å². The summed E-state index contributed by atoms with van der Waals surface area (Å²) >= 11 is 0. The second-order valence-corrected chi connectivity index (χ2v) is 13.8. The van der Waals surface area contributed by atoms with Crippen LogP contribution >= 0.6 is 0 Å². The maximum absolute atomic E-state index is 13.6. The lowest BCUT2D eigenvalue weighted by atomic mass is 9.74. The summed E-state index contributed by atoms with van der Waals surface area (Å²) in [6.07, 6.45) is 2.99. The summed E-state index contributed by atoms with van der Waals surface area (Å²) in [5.74, 6) is -0.895. The third-order valence-electron chi connectivity index (χ3n) is 7.18. The topological polar surface area (TPSA) is 37.4 Å². The fourth-order valence-electron chi connectivity index (χ4n) is 5.31. The SMILES string of the molecule is C[Si](C)(C1=C[C@H](c2ccccc2)[C@H]2C(=O)N(c3ccccc3)C(=O)[C@H]2C1)c1ccccc1. The van der Waals surface area contributed by atoms with E-state index in [1.165, 1.54) is 15.3 Å². The van der Waals surface area contributed by atoms with Gasteiger partial charge in [0.15, 0.2) is 0 Å². The molecule has 0 N–H and O–H groups in total. The molecule has 160 valence electrons. The van der Waals surface area contributed by atoms with Crippen LogP contribution in [0.1, 0.15) is 17.9 Å². The Balaban J connectivity index is 1.61. The molecule has 0 spiro atoms. The Hall–Kier alpha value is -3.24. The molecule has 2 amide bonds. The summed E-state index contributed by atoms with van der Waals surface area (Å²) in [6, 6.07) is 30.2. The normalized spacial score (nSPS) is 23.1. The van der Waals surface area contributed by atoms with E-state index in [1.807, 2.05) is 54.6 Å². The molecule has 3 nitrogen and oxygen atoms in total. The largest absolute Gasteiger partial charge is 0.274 e. The van der Waals surface area contributed by atoms with Crippen LogP contribution < -0.4 is 10.1 Å². The minimum Gasteiger partial charge on any atom is -0.274 e. The molecular formula is C28H27NO2Si. The standard InChI is InChI=1S/C28H27NO2Si/c1-32(2,22-16-10-5-11-17-22)23-18-24(20-12-6-3-7-13-20)26-25(19-23)27(30)29(28(26)31)21-14-8-4-9-15-21/h3-18,24-26H,19H2,1-2H3/t24-,25+,26-/m1/s1. The number of allylic oxidation sites excluding steroid dienone is 2. The Bertz CT molecular complexity index is 1170. The predicted molar refractivity (Wildman–Crippen MR) is 131 cm³/mol. The first-order valence-corrected chi connectivity index (χ1v) is 14.2. The summed E-state index contributed by atoms with van der Waals surface area (Å²) < 4.78 is 0. The van der Waals surface area contributed by atoms with Crippen molar-refractivity contribution >= 4 is 30.8 Å². The fourth-order valence-corrected chi connectivity index (χ4v) is 8.03. The van der Waals surface area contributed by atoms with Crippen molar-refractivity contribution in [2.24, 2.45) is 11.8 Å². The number of imide groups is 1. The molecule has 3 aromatic carbocycles. The molecule has 1 aliphatic carbocycles. The zero-order chi connectivity index (χ0) is 22.3. The van der Waals surface area contributed by atoms with Crippen molar-refractivity contribution in [3.8, 4) is 0 Å². The lowest BCUT2D eigenvalue weighted by molar-refractivity contribution is -0.122. The van der Waals surface area contributed by atoms with E-state index in [0.29, 0.717) is 12.1 Å². The van der Waals surface area contributed by atoms with Crippen LogP contribution in [0.3, 0.4) is 0 Å². The molecule has 1 aliphatic heterocycles. The molecule has 4 heteroatoms.